The molecule has 6 heteroatoms. The van der Waals surface area contributed by atoms with Crippen molar-refractivity contribution in [2.75, 3.05) is 20.8 Å². The maximum atomic E-state index is 12.5. The Balaban J connectivity index is 1.73. The Kier molecular flexibility index (Phi) is 9.05. The molecule has 0 aromatic heterocycles. The second-order valence-electron chi connectivity index (χ2n) is 7.16. The maximum absolute atomic E-state index is 12.5. The van der Waals surface area contributed by atoms with E-state index in [4.69, 9.17) is 18.9 Å². The minimum absolute atomic E-state index is 0.168. The van der Waals surface area contributed by atoms with Crippen LogP contribution in [0.3, 0.4) is 0 Å². The third-order valence-corrected chi connectivity index (χ3v) is 4.84. The van der Waals surface area contributed by atoms with Gasteiger partial charge in [-0.05, 0) is 41.0 Å². The van der Waals surface area contributed by atoms with E-state index in [9.17, 15) is 9.59 Å². The lowest BCUT2D eigenvalue weighted by atomic mass is 10.1. The van der Waals surface area contributed by atoms with Gasteiger partial charge in [-0.25, -0.2) is 9.59 Å². The third-order valence-electron chi connectivity index (χ3n) is 4.84. The van der Waals surface area contributed by atoms with E-state index in [0.29, 0.717) is 17.1 Å². The zero-order chi connectivity index (χ0) is 24.2. The van der Waals surface area contributed by atoms with Crippen LogP contribution >= 0.6 is 0 Å². The Hall–Kier alpha value is -4.32. The van der Waals surface area contributed by atoms with Crippen molar-refractivity contribution in [3.63, 3.8) is 0 Å². The highest BCUT2D eigenvalue weighted by Gasteiger charge is 2.20. The predicted octanol–water partition coefficient (Wildman–Crippen LogP) is 5.26. The van der Waals surface area contributed by atoms with Crippen LogP contribution in [-0.2, 0) is 19.1 Å². The summed E-state index contributed by atoms with van der Waals surface area (Å²) in [5, 5.41) is 0. The molecule has 6 nitrogen and oxygen atoms in total. The summed E-state index contributed by atoms with van der Waals surface area (Å²) in [6.07, 6.45) is 5.13. The van der Waals surface area contributed by atoms with Crippen LogP contribution in [-0.4, -0.2) is 32.8 Å². The molecule has 0 spiro atoms. The summed E-state index contributed by atoms with van der Waals surface area (Å²) in [5.74, 6) is -0.121. The molecule has 0 aliphatic heterocycles. The molecule has 0 saturated carbocycles. The lowest BCUT2D eigenvalue weighted by molar-refractivity contribution is -0.153. The number of methoxy groups -OCH3 is 2. The summed E-state index contributed by atoms with van der Waals surface area (Å²) in [6, 6.07) is 23.9. The molecule has 0 aliphatic carbocycles. The highest BCUT2D eigenvalue weighted by Crippen LogP contribution is 2.31. The van der Waals surface area contributed by atoms with Crippen molar-refractivity contribution in [2.24, 2.45) is 0 Å². The number of hydrogen-bond acceptors (Lipinski definition) is 6. The number of carbonyl (C=O) groups excluding carboxylic acids is 2. The molecule has 174 valence electrons. The van der Waals surface area contributed by atoms with E-state index < -0.39 is 18.0 Å². The summed E-state index contributed by atoms with van der Waals surface area (Å²) in [6.45, 7) is -0.168. The molecule has 0 saturated heterocycles. The first kappa shape index (κ1) is 24.3. The van der Waals surface area contributed by atoms with Crippen molar-refractivity contribution in [1.82, 2.24) is 0 Å². The van der Waals surface area contributed by atoms with Crippen LogP contribution in [0, 0.1) is 0 Å². The average Bonchev–Trinajstić information content (AvgIpc) is 2.89. The summed E-state index contributed by atoms with van der Waals surface area (Å²) in [4.78, 5) is 24.8. The zero-order valence-corrected chi connectivity index (χ0v) is 19.0. The Bertz CT molecular complexity index is 1140. The lowest BCUT2D eigenvalue weighted by Gasteiger charge is -2.19. The molecule has 34 heavy (non-hydrogen) atoms. The van der Waals surface area contributed by atoms with E-state index >= 15 is 0 Å². The number of esters is 2. The molecule has 1 atom stereocenters. The van der Waals surface area contributed by atoms with Crippen LogP contribution in [0.2, 0.25) is 0 Å². The zero-order valence-electron chi connectivity index (χ0n) is 19.0. The van der Waals surface area contributed by atoms with Crippen molar-refractivity contribution in [1.29, 1.82) is 0 Å². The standard InChI is InChI=1S/C28H26O6/c1-31-24-16-15-23(19-25(24)32-2)26(34-28(30)18-14-22-11-7-4-8-12-22)20-33-27(29)17-13-21-9-5-3-6-10-21/h3-19,26H,20H2,1-2H3/b17-13+,18-14+/t26-/m0/s1. The van der Waals surface area contributed by atoms with Gasteiger partial charge in [0.1, 0.15) is 6.61 Å². The molecular weight excluding hydrogens is 432 g/mol. The van der Waals surface area contributed by atoms with Crippen LogP contribution in [0.25, 0.3) is 12.2 Å². The molecule has 0 bridgehead atoms. The molecule has 3 aromatic rings. The van der Waals surface area contributed by atoms with Gasteiger partial charge in [0.05, 0.1) is 14.2 Å². The van der Waals surface area contributed by atoms with Gasteiger partial charge in [-0.2, -0.15) is 0 Å². The number of rotatable bonds is 10. The molecule has 0 fully saturated rings. The van der Waals surface area contributed by atoms with Gasteiger partial charge in [0, 0.05) is 12.2 Å². The number of benzene rings is 3. The maximum Gasteiger partial charge on any atom is 0.331 e. The van der Waals surface area contributed by atoms with E-state index in [1.165, 1.54) is 26.4 Å². The van der Waals surface area contributed by atoms with Gasteiger partial charge in [-0.3, -0.25) is 0 Å². The minimum Gasteiger partial charge on any atom is -0.493 e. The van der Waals surface area contributed by atoms with Crippen LogP contribution in [0.1, 0.15) is 22.8 Å². The average molecular weight is 459 g/mol. The Morgan fingerprint density at radius 3 is 1.85 bits per heavy atom. The summed E-state index contributed by atoms with van der Waals surface area (Å²) >= 11 is 0. The second kappa shape index (κ2) is 12.6. The highest BCUT2D eigenvalue weighted by atomic mass is 16.6. The monoisotopic (exact) mass is 458 g/mol. The predicted molar refractivity (Wildman–Crippen MR) is 130 cm³/mol. The first-order chi connectivity index (χ1) is 16.6. The van der Waals surface area contributed by atoms with Crippen molar-refractivity contribution >= 4 is 24.1 Å². The largest absolute Gasteiger partial charge is 0.493 e. The summed E-state index contributed by atoms with van der Waals surface area (Å²) in [5.41, 5.74) is 2.33. The molecule has 3 aromatic carbocycles. The van der Waals surface area contributed by atoms with Crippen molar-refractivity contribution in [3.8, 4) is 11.5 Å². The minimum atomic E-state index is -0.846. The van der Waals surface area contributed by atoms with Crippen LogP contribution in [0.15, 0.2) is 91.0 Å². The van der Waals surface area contributed by atoms with E-state index in [-0.39, 0.29) is 6.61 Å². The third kappa shape index (κ3) is 7.38. The van der Waals surface area contributed by atoms with Gasteiger partial charge in [0.15, 0.2) is 17.6 Å². The molecular formula is C28H26O6. The summed E-state index contributed by atoms with van der Waals surface area (Å²) < 4.78 is 21.6. The smallest absolute Gasteiger partial charge is 0.331 e. The number of carbonyl (C=O) groups is 2. The Morgan fingerprint density at radius 1 is 0.735 bits per heavy atom. The number of ether oxygens (including phenoxy) is 4. The van der Waals surface area contributed by atoms with Gasteiger partial charge >= 0.3 is 11.9 Å². The van der Waals surface area contributed by atoms with E-state index in [1.54, 1.807) is 30.4 Å². The van der Waals surface area contributed by atoms with Crippen molar-refractivity contribution in [2.45, 2.75) is 6.10 Å². The molecule has 0 aliphatic rings. The topological polar surface area (TPSA) is 71.1 Å². The Labute approximate surface area is 199 Å². The first-order valence-corrected chi connectivity index (χ1v) is 10.6. The van der Waals surface area contributed by atoms with Crippen LogP contribution in [0.5, 0.6) is 11.5 Å². The SMILES string of the molecule is COc1ccc([C@H](COC(=O)/C=C/c2ccccc2)OC(=O)/C=C/c2ccccc2)cc1OC. The highest BCUT2D eigenvalue weighted by molar-refractivity contribution is 5.88. The fourth-order valence-electron chi connectivity index (χ4n) is 3.09. The number of hydrogen-bond donors (Lipinski definition) is 0. The molecule has 0 N–H and O–H groups in total. The van der Waals surface area contributed by atoms with Gasteiger partial charge in [0.2, 0.25) is 0 Å². The van der Waals surface area contributed by atoms with Gasteiger partial charge in [-0.1, -0.05) is 66.7 Å². The van der Waals surface area contributed by atoms with Gasteiger partial charge in [0.25, 0.3) is 0 Å². The van der Waals surface area contributed by atoms with Crippen LogP contribution < -0.4 is 9.47 Å². The van der Waals surface area contributed by atoms with E-state index in [1.807, 2.05) is 60.7 Å². The fourth-order valence-corrected chi connectivity index (χ4v) is 3.09. The normalized spacial score (nSPS) is 11.8. The van der Waals surface area contributed by atoms with Crippen LogP contribution in [0.4, 0.5) is 0 Å². The molecule has 3 rings (SSSR count). The molecule has 0 amide bonds. The van der Waals surface area contributed by atoms with Gasteiger partial charge < -0.3 is 18.9 Å². The van der Waals surface area contributed by atoms with E-state index in [2.05, 4.69) is 0 Å². The quantitative estimate of drug-likeness (QED) is 0.305. The van der Waals surface area contributed by atoms with Gasteiger partial charge in [-0.15, -0.1) is 0 Å². The van der Waals surface area contributed by atoms with Crippen molar-refractivity contribution in [3.05, 3.63) is 108 Å². The Morgan fingerprint density at radius 2 is 1.29 bits per heavy atom. The molecule has 0 unspecified atom stereocenters. The molecule has 0 heterocycles. The fraction of sp³-hybridized carbons (Fsp3) is 0.143. The van der Waals surface area contributed by atoms with Crippen molar-refractivity contribution < 1.29 is 28.5 Å². The first-order valence-electron chi connectivity index (χ1n) is 10.6. The van der Waals surface area contributed by atoms with E-state index in [0.717, 1.165) is 11.1 Å². The summed E-state index contributed by atoms with van der Waals surface area (Å²) in [7, 11) is 3.05. The second-order valence-corrected chi connectivity index (χ2v) is 7.16. The lowest BCUT2D eigenvalue weighted by Crippen LogP contribution is -2.17. The molecule has 0 radical (unpaired) electrons.